The summed E-state index contributed by atoms with van der Waals surface area (Å²) in [6.45, 7) is 2.39. The van der Waals surface area contributed by atoms with Gasteiger partial charge in [0.05, 0.1) is 5.75 Å². The number of thioether (sulfide) groups is 3. The van der Waals surface area contributed by atoms with Crippen molar-refractivity contribution in [3.8, 4) is 0 Å². The number of carboxylic acids is 1. The van der Waals surface area contributed by atoms with Crippen LogP contribution < -0.4 is 5.32 Å². The van der Waals surface area contributed by atoms with Crippen molar-refractivity contribution in [3.05, 3.63) is 11.3 Å². The highest BCUT2D eigenvalue weighted by Gasteiger charge is 2.54. The number of fused-ring (bicyclic) bond motifs is 1. The van der Waals surface area contributed by atoms with Crippen molar-refractivity contribution in [2.24, 2.45) is 0 Å². The SMILES string of the molecule is CCn1nnnc1SCC1=C(C(=O)O)N2C(=O)C(NC(=O)CSC(F)(F)F)[C@H]2SC1. The summed E-state index contributed by atoms with van der Waals surface area (Å²) < 4.78 is 38.2. The van der Waals surface area contributed by atoms with Crippen LogP contribution in [0.5, 0.6) is 0 Å². The highest BCUT2D eigenvalue weighted by molar-refractivity contribution is 8.01. The van der Waals surface area contributed by atoms with Crippen molar-refractivity contribution in [2.45, 2.75) is 35.5 Å². The number of nitrogens with one attached hydrogen (secondary N) is 1. The minimum Gasteiger partial charge on any atom is -0.477 e. The average Bonchev–Trinajstić information content (AvgIpc) is 3.14. The summed E-state index contributed by atoms with van der Waals surface area (Å²) in [7, 11) is 0. The van der Waals surface area contributed by atoms with E-state index in [0.717, 1.165) is 4.90 Å². The molecule has 2 atom stereocenters. The number of carbonyl (C=O) groups excluding carboxylic acids is 2. The smallest absolute Gasteiger partial charge is 0.442 e. The highest BCUT2D eigenvalue weighted by Crippen LogP contribution is 2.41. The van der Waals surface area contributed by atoms with Crippen LogP contribution in [-0.4, -0.2) is 82.2 Å². The first kappa shape index (κ1) is 22.7. The van der Waals surface area contributed by atoms with E-state index in [0.29, 0.717) is 17.3 Å². The van der Waals surface area contributed by atoms with Gasteiger partial charge in [0, 0.05) is 18.1 Å². The van der Waals surface area contributed by atoms with Crippen LogP contribution >= 0.6 is 35.3 Å². The van der Waals surface area contributed by atoms with Gasteiger partial charge in [0.2, 0.25) is 11.1 Å². The van der Waals surface area contributed by atoms with Crippen molar-refractivity contribution in [3.63, 3.8) is 0 Å². The molecule has 2 aliphatic heterocycles. The number of alkyl halides is 3. The number of amides is 2. The van der Waals surface area contributed by atoms with E-state index in [4.69, 9.17) is 0 Å². The molecule has 30 heavy (non-hydrogen) atoms. The van der Waals surface area contributed by atoms with Gasteiger partial charge in [0.25, 0.3) is 5.91 Å². The molecular weight excluding hydrogens is 469 g/mol. The lowest BCUT2D eigenvalue weighted by Crippen LogP contribution is -2.70. The van der Waals surface area contributed by atoms with E-state index in [1.165, 1.54) is 23.5 Å². The molecule has 0 bridgehead atoms. The molecule has 0 radical (unpaired) electrons. The van der Waals surface area contributed by atoms with Gasteiger partial charge in [-0.05, 0) is 34.7 Å². The van der Waals surface area contributed by atoms with Crippen molar-refractivity contribution in [2.75, 3.05) is 17.3 Å². The number of aliphatic carboxylic acids is 1. The molecule has 16 heteroatoms. The van der Waals surface area contributed by atoms with Crippen LogP contribution in [0.15, 0.2) is 16.4 Å². The van der Waals surface area contributed by atoms with Crippen LogP contribution in [0.4, 0.5) is 13.2 Å². The van der Waals surface area contributed by atoms with E-state index in [-0.39, 0.29) is 17.2 Å². The fraction of sp³-hybridized carbons (Fsp3) is 0.571. The largest absolute Gasteiger partial charge is 0.477 e. The predicted molar refractivity (Wildman–Crippen MR) is 102 cm³/mol. The molecule has 2 aliphatic rings. The second-order valence-corrected chi connectivity index (χ2v) is 9.10. The number of nitrogens with zero attached hydrogens (tertiary/aromatic N) is 5. The Kier molecular flexibility index (Phi) is 6.86. The average molecular weight is 485 g/mol. The van der Waals surface area contributed by atoms with Crippen LogP contribution in [0.2, 0.25) is 0 Å². The lowest BCUT2D eigenvalue weighted by Gasteiger charge is -2.49. The first-order chi connectivity index (χ1) is 14.1. The third kappa shape index (κ3) is 4.85. The number of carboxylic acid groups (broad SMARTS) is 1. The monoisotopic (exact) mass is 484 g/mol. The molecule has 2 N–H and O–H groups in total. The van der Waals surface area contributed by atoms with E-state index >= 15 is 0 Å². The maximum atomic E-state index is 12.5. The van der Waals surface area contributed by atoms with Gasteiger partial charge in [-0.15, -0.1) is 16.9 Å². The Bertz CT molecular complexity index is 893. The number of hydrogen-bond acceptors (Lipinski definition) is 9. The van der Waals surface area contributed by atoms with Gasteiger partial charge in [0.1, 0.15) is 17.1 Å². The summed E-state index contributed by atoms with van der Waals surface area (Å²) in [5, 5.41) is 22.9. The van der Waals surface area contributed by atoms with Gasteiger partial charge in [-0.1, -0.05) is 11.8 Å². The molecule has 1 aromatic heterocycles. The zero-order chi connectivity index (χ0) is 22.1. The topological polar surface area (TPSA) is 130 Å². The Hall–Kier alpha value is -1.94. The Morgan fingerprint density at radius 3 is 2.77 bits per heavy atom. The molecule has 1 aromatic rings. The minimum absolute atomic E-state index is 0.179. The van der Waals surface area contributed by atoms with E-state index in [2.05, 4.69) is 20.8 Å². The standard InChI is InChI=1S/C14H15F3N6O4S3/c1-2-22-13(19-20-21-22)29-4-6-3-28-11-8(10(25)23(11)9(6)12(26)27)18-7(24)5-30-14(15,16)17/h8,11H,2-5H2,1H3,(H,18,24)(H,26,27)/t8?,11-/m1/s1. The van der Waals surface area contributed by atoms with Gasteiger partial charge < -0.3 is 10.4 Å². The second-order valence-electron chi connectivity index (χ2n) is 6.01. The third-order valence-electron chi connectivity index (χ3n) is 4.11. The molecule has 1 unspecified atom stereocenters. The number of carbonyl (C=O) groups is 3. The molecule has 0 aliphatic carbocycles. The third-order valence-corrected chi connectivity index (χ3v) is 7.22. The number of β-lactam (4-membered cyclic amide) rings is 1. The maximum Gasteiger partial charge on any atom is 0.442 e. The Labute approximate surface area is 180 Å². The number of halogens is 3. The summed E-state index contributed by atoms with van der Waals surface area (Å²) in [4.78, 5) is 37.0. The Morgan fingerprint density at radius 1 is 1.40 bits per heavy atom. The first-order valence-corrected chi connectivity index (χ1v) is 11.4. The first-order valence-electron chi connectivity index (χ1n) is 8.41. The molecule has 10 nitrogen and oxygen atoms in total. The molecule has 3 heterocycles. The number of aryl methyl sites for hydroxylation is 1. The molecule has 0 spiro atoms. The maximum absolute atomic E-state index is 12.5. The molecule has 1 fully saturated rings. The van der Waals surface area contributed by atoms with Gasteiger partial charge in [-0.25, -0.2) is 9.48 Å². The van der Waals surface area contributed by atoms with E-state index in [1.807, 2.05) is 6.92 Å². The summed E-state index contributed by atoms with van der Waals surface area (Å²) in [5.74, 6) is -3.26. The lowest BCUT2D eigenvalue weighted by molar-refractivity contribution is -0.150. The molecular formula is C14H15F3N6O4S3. The lowest BCUT2D eigenvalue weighted by atomic mass is 10.0. The normalized spacial score (nSPS) is 21.3. The van der Waals surface area contributed by atoms with Gasteiger partial charge in [0.15, 0.2) is 0 Å². The fourth-order valence-electron chi connectivity index (χ4n) is 2.81. The Morgan fingerprint density at radius 2 is 2.13 bits per heavy atom. The van der Waals surface area contributed by atoms with Gasteiger partial charge in [-0.2, -0.15) is 13.2 Å². The zero-order valence-electron chi connectivity index (χ0n) is 15.2. The molecule has 2 amide bonds. The number of aromatic nitrogens is 4. The zero-order valence-corrected chi connectivity index (χ0v) is 17.7. The molecule has 3 rings (SSSR count). The summed E-state index contributed by atoms with van der Waals surface area (Å²) in [6, 6.07) is -1.06. The number of rotatable bonds is 8. The van der Waals surface area contributed by atoms with E-state index in [1.54, 1.807) is 4.68 Å². The van der Waals surface area contributed by atoms with Crippen LogP contribution in [-0.2, 0) is 20.9 Å². The molecule has 0 aromatic carbocycles. The van der Waals surface area contributed by atoms with Crippen LogP contribution in [0, 0.1) is 0 Å². The quantitative estimate of drug-likeness (QED) is 0.403. The van der Waals surface area contributed by atoms with E-state index < -0.39 is 52.2 Å². The summed E-state index contributed by atoms with van der Waals surface area (Å²) in [6.07, 6.45) is 0. The Balaban J connectivity index is 1.67. The fourth-order valence-corrected chi connectivity index (χ4v) is 5.61. The molecule has 1 saturated heterocycles. The summed E-state index contributed by atoms with van der Waals surface area (Å²) in [5.41, 5.74) is -4.25. The van der Waals surface area contributed by atoms with Crippen LogP contribution in [0.3, 0.4) is 0 Å². The van der Waals surface area contributed by atoms with E-state index in [9.17, 15) is 32.7 Å². The van der Waals surface area contributed by atoms with Crippen molar-refractivity contribution < 1.29 is 32.7 Å². The number of hydrogen-bond donors (Lipinski definition) is 2. The summed E-state index contributed by atoms with van der Waals surface area (Å²) >= 11 is 1.96. The predicted octanol–water partition coefficient (Wildman–Crippen LogP) is 0.777. The van der Waals surface area contributed by atoms with Crippen LogP contribution in [0.25, 0.3) is 0 Å². The van der Waals surface area contributed by atoms with Crippen molar-refractivity contribution in [1.29, 1.82) is 0 Å². The van der Waals surface area contributed by atoms with Gasteiger partial charge in [-0.3, -0.25) is 14.5 Å². The van der Waals surface area contributed by atoms with Gasteiger partial charge >= 0.3 is 11.5 Å². The minimum atomic E-state index is -4.56. The molecule has 164 valence electrons. The van der Waals surface area contributed by atoms with Crippen molar-refractivity contribution in [1.82, 2.24) is 30.4 Å². The highest BCUT2D eigenvalue weighted by atomic mass is 32.2. The molecule has 0 saturated carbocycles. The number of tetrazole rings is 1. The van der Waals surface area contributed by atoms with Crippen molar-refractivity contribution >= 4 is 53.1 Å². The second kappa shape index (κ2) is 9.05. The van der Waals surface area contributed by atoms with Crippen LogP contribution in [0.1, 0.15) is 6.92 Å².